The molecule has 6 rings (SSSR count). The van der Waals surface area contributed by atoms with E-state index in [1.807, 2.05) is 18.2 Å². The van der Waals surface area contributed by atoms with Crippen LogP contribution in [0.1, 0.15) is 12.0 Å². The highest BCUT2D eigenvalue weighted by Crippen LogP contribution is 2.37. The van der Waals surface area contributed by atoms with Gasteiger partial charge >= 0.3 is 0 Å². The van der Waals surface area contributed by atoms with Crippen LogP contribution in [0.4, 0.5) is 17.1 Å². The molecule has 4 heteroatoms. The number of ether oxygens (including phenoxy) is 1. The van der Waals surface area contributed by atoms with E-state index in [2.05, 4.69) is 119 Å². The van der Waals surface area contributed by atoms with Crippen LogP contribution >= 0.6 is 0 Å². The Morgan fingerprint density at radius 2 is 1.32 bits per heavy atom. The van der Waals surface area contributed by atoms with Gasteiger partial charge in [-0.1, -0.05) is 78.9 Å². The quantitative estimate of drug-likeness (QED) is 0.173. The molecule has 40 heavy (non-hydrogen) atoms. The SMILES string of the molecule is [C-]#[N+]/C(C#N)=C1C=C(/C=C/c2ccc(N(c3ccc4ccccc4c3)c3ccc4ccccc4c3)cc2)OCC\1. The van der Waals surface area contributed by atoms with Crippen molar-refractivity contribution in [2.24, 2.45) is 0 Å². The van der Waals surface area contributed by atoms with Gasteiger partial charge in [-0.25, -0.2) is 10.1 Å². The second-order valence-electron chi connectivity index (χ2n) is 9.57. The maximum atomic E-state index is 9.20. The summed E-state index contributed by atoms with van der Waals surface area (Å²) in [6, 6.07) is 40.3. The number of hydrogen-bond acceptors (Lipinski definition) is 3. The predicted octanol–water partition coefficient (Wildman–Crippen LogP) is 9.48. The van der Waals surface area contributed by atoms with Crippen molar-refractivity contribution in [3.63, 3.8) is 0 Å². The average Bonchev–Trinajstić information content (AvgIpc) is 3.01. The summed E-state index contributed by atoms with van der Waals surface area (Å²) in [6.07, 6.45) is 6.22. The Morgan fingerprint density at radius 1 is 0.750 bits per heavy atom. The van der Waals surface area contributed by atoms with Gasteiger partial charge in [-0.15, -0.1) is 0 Å². The third-order valence-corrected chi connectivity index (χ3v) is 7.05. The maximum Gasteiger partial charge on any atom is 0.265 e. The minimum Gasteiger partial charge on any atom is -0.493 e. The summed E-state index contributed by atoms with van der Waals surface area (Å²) >= 11 is 0. The van der Waals surface area contributed by atoms with E-state index in [1.54, 1.807) is 6.08 Å². The molecule has 0 spiro atoms. The number of hydrogen-bond donors (Lipinski definition) is 0. The van der Waals surface area contributed by atoms with Crippen molar-refractivity contribution in [3.8, 4) is 6.07 Å². The van der Waals surface area contributed by atoms with Gasteiger partial charge in [0.2, 0.25) is 0 Å². The summed E-state index contributed by atoms with van der Waals surface area (Å²) < 4.78 is 5.74. The first kappa shape index (κ1) is 24.7. The molecule has 0 fully saturated rings. The molecular weight excluding hydrogens is 490 g/mol. The smallest absolute Gasteiger partial charge is 0.265 e. The molecular formula is C36H25N3O. The zero-order chi connectivity index (χ0) is 27.3. The maximum absolute atomic E-state index is 9.20. The van der Waals surface area contributed by atoms with Gasteiger partial charge in [0.05, 0.1) is 19.2 Å². The molecule has 1 aliphatic rings. The van der Waals surface area contributed by atoms with Crippen molar-refractivity contribution in [1.29, 1.82) is 5.26 Å². The molecule has 0 amide bonds. The molecule has 0 saturated heterocycles. The number of fused-ring (bicyclic) bond motifs is 2. The highest BCUT2D eigenvalue weighted by Gasteiger charge is 2.14. The second-order valence-corrected chi connectivity index (χ2v) is 9.57. The van der Waals surface area contributed by atoms with Crippen LogP contribution < -0.4 is 4.90 Å². The highest BCUT2D eigenvalue weighted by molar-refractivity contribution is 5.92. The molecule has 0 unspecified atom stereocenters. The molecule has 1 heterocycles. The number of benzene rings is 5. The zero-order valence-corrected chi connectivity index (χ0v) is 21.8. The van der Waals surface area contributed by atoms with Gasteiger partial charge in [-0.3, -0.25) is 0 Å². The molecule has 0 N–H and O–H groups in total. The molecule has 0 radical (unpaired) electrons. The van der Waals surface area contributed by atoms with Crippen molar-refractivity contribution >= 4 is 44.7 Å². The summed E-state index contributed by atoms with van der Waals surface area (Å²) in [5, 5.41) is 14.0. The third kappa shape index (κ3) is 5.07. The van der Waals surface area contributed by atoms with Crippen LogP contribution in [0, 0.1) is 17.9 Å². The summed E-state index contributed by atoms with van der Waals surface area (Å²) in [6.45, 7) is 7.67. The van der Waals surface area contributed by atoms with Crippen molar-refractivity contribution in [2.45, 2.75) is 6.42 Å². The number of nitrogens with zero attached hydrogens (tertiary/aromatic N) is 3. The Bertz CT molecular complexity index is 1800. The summed E-state index contributed by atoms with van der Waals surface area (Å²) in [4.78, 5) is 5.61. The standard InChI is InChI=1S/C36H25N3O/c1-38-36(25-37)31-20-21-40-35(24-31)19-12-26-10-15-32(16-11-26)39(33-17-13-27-6-2-4-8-29(27)22-33)34-18-14-28-7-3-5-9-30(28)23-34/h2-19,22-24H,20-21H2/b19-12+,36-31-. The van der Waals surface area contributed by atoms with Gasteiger partial charge in [0.15, 0.2) is 0 Å². The van der Waals surface area contributed by atoms with Crippen molar-refractivity contribution in [1.82, 2.24) is 0 Å². The van der Waals surface area contributed by atoms with Crippen LogP contribution in [-0.2, 0) is 4.74 Å². The minimum absolute atomic E-state index is 0.126. The Balaban J connectivity index is 1.36. The monoisotopic (exact) mass is 515 g/mol. The van der Waals surface area contributed by atoms with Gasteiger partial charge in [0.1, 0.15) is 5.76 Å². The Hall–Kier alpha value is -5.58. The lowest BCUT2D eigenvalue weighted by Gasteiger charge is -2.26. The van der Waals surface area contributed by atoms with Crippen LogP contribution in [0.2, 0.25) is 0 Å². The molecule has 0 bridgehead atoms. The van der Waals surface area contributed by atoms with E-state index in [-0.39, 0.29) is 5.70 Å². The second kappa shape index (κ2) is 11.0. The number of allylic oxidation sites excluding steroid dienone is 3. The molecule has 0 aromatic heterocycles. The first-order valence-electron chi connectivity index (χ1n) is 13.1. The normalized spacial score (nSPS) is 14.3. The van der Waals surface area contributed by atoms with E-state index in [9.17, 15) is 5.26 Å². The fourth-order valence-electron chi connectivity index (χ4n) is 5.01. The van der Waals surface area contributed by atoms with E-state index in [0.29, 0.717) is 18.8 Å². The molecule has 4 nitrogen and oxygen atoms in total. The highest BCUT2D eigenvalue weighted by atomic mass is 16.5. The molecule has 5 aromatic carbocycles. The van der Waals surface area contributed by atoms with Crippen LogP contribution in [0.3, 0.4) is 0 Å². The van der Waals surface area contributed by atoms with Gasteiger partial charge < -0.3 is 9.64 Å². The molecule has 190 valence electrons. The summed E-state index contributed by atoms with van der Waals surface area (Å²) in [5.74, 6) is 0.649. The van der Waals surface area contributed by atoms with Crippen LogP contribution in [0.25, 0.3) is 32.5 Å². The van der Waals surface area contributed by atoms with Crippen molar-refractivity contribution in [3.05, 3.63) is 155 Å². The average molecular weight is 516 g/mol. The summed E-state index contributed by atoms with van der Waals surface area (Å²) in [5.41, 5.74) is 5.10. The Kier molecular flexibility index (Phi) is 6.82. The van der Waals surface area contributed by atoms with Crippen molar-refractivity contribution < 1.29 is 4.74 Å². The zero-order valence-electron chi connectivity index (χ0n) is 21.8. The third-order valence-electron chi connectivity index (χ3n) is 7.05. The van der Waals surface area contributed by atoms with Crippen LogP contribution in [0.5, 0.6) is 0 Å². The lowest BCUT2D eigenvalue weighted by molar-refractivity contribution is 0.219. The van der Waals surface area contributed by atoms with Gasteiger partial charge in [0, 0.05) is 17.1 Å². The van der Waals surface area contributed by atoms with E-state index in [0.717, 1.165) is 28.2 Å². The van der Waals surface area contributed by atoms with Crippen molar-refractivity contribution in [2.75, 3.05) is 11.5 Å². The predicted molar refractivity (Wildman–Crippen MR) is 163 cm³/mol. The van der Waals surface area contributed by atoms with E-state index in [4.69, 9.17) is 11.3 Å². The van der Waals surface area contributed by atoms with E-state index < -0.39 is 0 Å². The lowest BCUT2D eigenvalue weighted by atomic mass is 10.1. The topological polar surface area (TPSA) is 40.6 Å². The van der Waals surface area contributed by atoms with Crippen LogP contribution in [0.15, 0.2) is 138 Å². The molecule has 0 atom stereocenters. The molecule has 0 aliphatic carbocycles. The van der Waals surface area contributed by atoms with E-state index in [1.165, 1.54) is 21.5 Å². The Labute approximate surface area is 233 Å². The fraction of sp³-hybridized carbons (Fsp3) is 0.0556. The molecule has 1 aliphatic heterocycles. The molecule has 0 saturated carbocycles. The number of rotatable bonds is 5. The van der Waals surface area contributed by atoms with Gasteiger partial charge in [-0.05, 0) is 87.7 Å². The largest absolute Gasteiger partial charge is 0.493 e. The van der Waals surface area contributed by atoms with Crippen LogP contribution in [-0.4, -0.2) is 6.61 Å². The first-order chi connectivity index (χ1) is 19.7. The van der Waals surface area contributed by atoms with E-state index >= 15 is 0 Å². The van der Waals surface area contributed by atoms with Gasteiger partial charge in [0.25, 0.3) is 5.70 Å². The fourth-order valence-corrected chi connectivity index (χ4v) is 5.01. The number of anilines is 3. The number of nitriles is 1. The van der Waals surface area contributed by atoms with Gasteiger partial charge in [-0.2, -0.15) is 0 Å². The molecule has 5 aromatic rings. The Morgan fingerprint density at radius 3 is 1.90 bits per heavy atom. The lowest BCUT2D eigenvalue weighted by Crippen LogP contribution is -2.09. The first-order valence-corrected chi connectivity index (χ1v) is 13.1. The minimum atomic E-state index is 0.126. The summed E-state index contributed by atoms with van der Waals surface area (Å²) in [7, 11) is 0.